The van der Waals surface area contributed by atoms with Crippen LogP contribution < -0.4 is 4.90 Å². The van der Waals surface area contributed by atoms with Crippen molar-refractivity contribution in [3.63, 3.8) is 0 Å². The molecule has 0 unspecified atom stereocenters. The SMILES string of the molecule is N#CC1=C[C@@H]2[C@H]3C(=O)N(c4ccc([N+](=O)[O-])cc4)C(=O)[C@H]3[C@@H](C(=O)c3cccc([N+](=O)[O-])c3)N2C=C1. The average Bonchev–Trinajstić information content (AvgIpc) is 3.35. The number of ketones is 1. The normalized spacial score (nSPS) is 24.1. The number of amides is 2. The van der Waals surface area contributed by atoms with Crippen LogP contribution in [0.25, 0.3) is 0 Å². The molecule has 0 radical (unpaired) electrons. The summed E-state index contributed by atoms with van der Waals surface area (Å²) in [6, 6.07) is 10.1. The van der Waals surface area contributed by atoms with Crippen molar-refractivity contribution >= 4 is 34.7 Å². The molecule has 12 heteroatoms. The largest absolute Gasteiger partial charge is 0.359 e. The molecule has 3 aliphatic rings. The number of nitro benzene ring substituents is 2. The molecule has 2 aromatic rings. The van der Waals surface area contributed by atoms with E-state index in [0.29, 0.717) is 0 Å². The summed E-state index contributed by atoms with van der Waals surface area (Å²) >= 11 is 0. The molecule has 3 aliphatic heterocycles. The molecule has 0 saturated carbocycles. The number of Topliss-reactive ketones (excluding diaryl/α,β-unsaturated/α-hetero) is 1. The van der Waals surface area contributed by atoms with Gasteiger partial charge in [-0.05, 0) is 24.3 Å². The quantitative estimate of drug-likeness (QED) is 0.267. The minimum atomic E-state index is -1.16. The second kappa shape index (κ2) is 8.24. The van der Waals surface area contributed by atoms with Crippen LogP contribution in [-0.4, -0.2) is 44.4 Å². The van der Waals surface area contributed by atoms with E-state index in [1.807, 2.05) is 6.07 Å². The second-order valence-electron chi connectivity index (χ2n) is 8.44. The highest BCUT2D eigenvalue weighted by Gasteiger charge is 2.63. The van der Waals surface area contributed by atoms with E-state index in [1.165, 1.54) is 60.8 Å². The highest BCUT2D eigenvalue weighted by atomic mass is 16.6. The molecule has 2 fully saturated rings. The number of nitriles is 1. The zero-order valence-corrected chi connectivity index (χ0v) is 18.3. The van der Waals surface area contributed by atoms with Crippen molar-refractivity contribution in [1.82, 2.24) is 4.90 Å². The van der Waals surface area contributed by atoms with E-state index in [1.54, 1.807) is 4.90 Å². The zero-order chi connectivity index (χ0) is 25.7. The molecular formula is C24H15N5O7. The summed E-state index contributed by atoms with van der Waals surface area (Å²) in [5, 5.41) is 31.6. The van der Waals surface area contributed by atoms with Crippen molar-refractivity contribution < 1.29 is 24.2 Å². The van der Waals surface area contributed by atoms with Gasteiger partial charge in [0.05, 0.1) is 45.1 Å². The molecule has 3 heterocycles. The third-order valence-electron chi connectivity index (χ3n) is 6.61. The summed E-state index contributed by atoms with van der Waals surface area (Å²) in [6.45, 7) is 0. The van der Waals surface area contributed by atoms with Gasteiger partial charge in [0.25, 0.3) is 11.4 Å². The van der Waals surface area contributed by atoms with Crippen LogP contribution in [0.4, 0.5) is 17.1 Å². The Labute approximate surface area is 202 Å². The van der Waals surface area contributed by atoms with Gasteiger partial charge < -0.3 is 4.90 Å². The Bertz CT molecular complexity index is 1460. The fourth-order valence-corrected chi connectivity index (χ4v) is 5.04. The standard InChI is InChI=1S/C24H15N5O7/c25-12-13-8-9-26-18(10-13)19-20(21(26)22(30)14-2-1-3-17(11-14)29(35)36)24(32)27(23(19)31)15-4-6-16(7-5-15)28(33)34/h1-11,18-21H/t18-,19-,20-,21+/m1/s1. The monoisotopic (exact) mass is 485 g/mol. The molecule has 2 saturated heterocycles. The minimum Gasteiger partial charge on any atom is -0.359 e. The van der Waals surface area contributed by atoms with Crippen molar-refractivity contribution in [2.45, 2.75) is 12.1 Å². The molecule has 0 aliphatic carbocycles. The molecule has 0 spiro atoms. The van der Waals surface area contributed by atoms with Gasteiger partial charge in [-0.25, -0.2) is 4.90 Å². The summed E-state index contributed by atoms with van der Waals surface area (Å²) in [5.74, 6) is -4.00. The lowest BCUT2D eigenvalue weighted by Crippen LogP contribution is -2.46. The van der Waals surface area contributed by atoms with E-state index in [2.05, 4.69) is 0 Å². The number of nitro groups is 2. The smallest absolute Gasteiger partial charge is 0.270 e. The Morgan fingerprint density at radius 2 is 1.61 bits per heavy atom. The van der Waals surface area contributed by atoms with Crippen LogP contribution in [0.1, 0.15) is 10.4 Å². The van der Waals surface area contributed by atoms with Crippen LogP contribution in [0.3, 0.4) is 0 Å². The second-order valence-corrected chi connectivity index (χ2v) is 8.44. The maximum atomic E-state index is 13.6. The number of rotatable bonds is 5. The van der Waals surface area contributed by atoms with Gasteiger partial charge in [-0.15, -0.1) is 0 Å². The van der Waals surface area contributed by atoms with Crippen molar-refractivity contribution in [3.8, 4) is 6.07 Å². The first kappa shape index (κ1) is 22.6. The Hall–Kier alpha value is -5.18. The van der Waals surface area contributed by atoms with Gasteiger partial charge in [0.15, 0.2) is 5.78 Å². The van der Waals surface area contributed by atoms with E-state index >= 15 is 0 Å². The number of hydrogen-bond donors (Lipinski definition) is 0. The number of nitrogens with zero attached hydrogens (tertiary/aromatic N) is 5. The summed E-state index contributed by atoms with van der Waals surface area (Å²) in [6.07, 6.45) is 4.47. The number of non-ortho nitro benzene ring substituents is 2. The maximum Gasteiger partial charge on any atom is 0.270 e. The highest BCUT2D eigenvalue weighted by Crippen LogP contribution is 2.47. The molecule has 0 N–H and O–H groups in total. The fourth-order valence-electron chi connectivity index (χ4n) is 5.04. The summed E-state index contributed by atoms with van der Waals surface area (Å²) in [5.41, 5.74) is -0.136. The molecule has 4 atom stereocenters. The van der Waals surface area contributed by atoms with Crippen molar-refractivity contribution in [3.05, 3.63) is 98.2 Å². The summed E-state index contributed by atoms with van der Waals surface area (Å²) in [7, 11) is 0. The topological polar surface area (TPSA) is 168 Å². The number of carbonyl (C=O) groups excluding carboxylic acids is 3. The van der Waals surface area contributed by atoms with Crippen molar-refractivity contribution in [2.75, 3.05) is 4.90 Å². The van der Waals surface area contributed by atoms with Crippen molar-refractivity contribution in [2.24, 2.45) is 11.8 Å². The van der Waals surface area contributed by atoms with Crippen LogP contribution in [0.15, 0.2) is 72.5 Å². The fraction of sp³-hybridized carbons (Fsp3) is 0.167. The van der Waals surface area contributed by atoms with Crippen LogP contribution in [0.2, 0.25) is 0 Å². The molecule has 5 rings (SSSR count). The van der Waals surface area contributed by atoms with Crippen LogP contribution >= 0.6 is 0 Å². The summed E-state index contributed by atoms with van der Waals surface area (Å²) in [4.78, 5) is 64.2. The third kappa shape index (κ3) is 3.33. The zero-order valence-electron chi connectivity index (χ0n) is 18.3. The van der Waals surface area contributed by atoms with Gasteiger partial charge in [-0.3, -0.25) is 34.6 Å². The van der Waals surface area contributed by atoms with Gasteiger partial charge in [-0.1, -0.05) is 12.1 Å². The molecule has 2 aromatic carbocycles. The number of imide groups is 1. The van der Waals surface area contributed by atoms with E-state index in [-0.39, 0.29) is 28.2 Å². The van der Waals surface area contributed by atoms with Crippen LogP contribution in [0, 0.1) is 43.4 Å². The molecule has 0 aromatic heterocycles. The van der Waals surface area contributed by atoms with Crippen LogP contribution in [0.5, 0.6) is 0 Å². The van der Waals surface area contributed by atoms with Gasteiger partial charge >= 0.3 is 0 Å². The molecule has 2 amide bonds. The van der Waals surface area contributed by atoms with Gasteiger partial charge in [0.2, 0.25) is 11.8 Å². The first-order chi connectivity index (χ1) is 17.2. The van der Waals surface area contributed by atoms with Crippen molar-refractivity contribution in [1.29, 1.82) is 5.26 Å². The minimum absolute atomic E-state index is 0.00564. The Morgan fingerprint density at radius 1 is 0.944 bits per heavy atom. The molecule has 12 nitrogen and oxygen atoms in total. The third-order valence-corrected chi connectivity index (χ3v) is 6.61. The molecular weight excluding hydrogens is 470 g/mol. The van der Waals surface area contributed by atoms with E-state index < -0.39 is 51.4 Å². The van der Waals surface area contributed by atoms with E-state index in [9.17, 15) is 39.9 Å². The predicted molar refractivity (Wildman–Crippen MR) is 122 cm³/mol. The lowest BCUT2D eigenvalue weighted by atomic mass is 9.86. The highest BCUT2D eigenvalue weighted by molar-refractivity contribution is 6.24. The van der Waals surface area contributed by atoms with E-state index in [4.69, 9.17) is 0 Å². The Morgan fingerprint density at radius 3 is 2.25 bits per heavy atom. The lowest BCUT2D eigenvalue weighted by molar-refractivity contribution is -0.385. The lowest BCUT2D eigenvalue weighted by Gasteiger charge is -2.32. The molecule has 178 valence electrons. The molecule has 0 bridgehead atoms. The number of fused-ring (bicyclic) bond motifs is 3. The predicted octanol–water partition coefficient (Wildman–Crippen LogP) is 2.52. The maximum absolute atomic E-state index is 13.6. The van der Waals surface area contributed by atoms with Gasteiger partial charge in [0, 0.05) is 36.0 Å². The van der Waals surface area contributed by atoms with Crippen LogP contribution in [-0.2, 0) is 9.59 Å². The Balaban J connectivity index is 1.58. The average molecular weight is 485 g/mol. The van der Waals surface area contributed by atoms with Gasteiger partial charge in [0.1, 0.15) is 6.04 Å². The first-order valence-electron chi connectivity index (χ1n) is 10.7. The number of anilines is 1. The molecule has 36 heavy (non-hydrogen) atoms. The Kier molecular flexibility index (Phi) is 5.17. The number of benzene rings is 2. The first-order valence-corrected chi connectivity index (χ1v) is 10.7. The number of carbonyl (C=O) groups is 3. The van der Waals surface area contributed by atoms with E-state index in [0.717, 1.165) is 11.0 Å². The number of hydrogen-bond acceptors (Lipinski definition) is 9. The number of allylic oxidation sites excluding steroid dienone is 2. The van der Waals surface area contributed by atoms with Gasteiger partial charge in [-0.2, -0.15) is 5.26 Å². The summed E-state index contributed by atoms with van der Waals surface area (Å²) < 4.78 is 0.